The first-order chi connectivity index (χ1) is 9.65. The lowest BCUT2D eigenvalue weighted by Crippen LogP contribution is -2.13. The van der Waals surface area contributed by atoms with E-state index in [-0.39, 0.29) is 17.2 Å². The van der Waals surface area contributed by atoms with E-state index >= 15 is 0 Å². The van der Waals surface area contributed by atoms with E-state index in [1.165, 1.54) is 19.2 Å². The van der Waals surface area contributed by atoms with Crippen LogP contribution in [0.15, 0.2) is 42.5 Å². The summed E-state index contributed by atoms with van der Waals surface area (Å²) in [6.07, 6.45) is 0. The monoisotopic (exact) mass is 335 g/mol. The topological polar surface area (TPSA) is 58.6 Å². The molecule has 0 saturated heterocycles. The lowest BCUT2D eigenvalue weighted by Gasteiger charge is -2.10. The van der Waals surface area contributed by atoms with Gasteiger partial charge >= 0.3 is 0 Å². The van der Waals surface area contributed by atoms with E-state index in [1.807, 2.05) is 24.3 Å². The van der Waals surface area contributed by atoms with Crippen molar-refractivity contribution in [1.29, 1.82) is 0 Å². The van der Waals surface area contributed by atoms with Crippen molar-refractivity contribution in [3.63, 3.8) is 0 Å². The standard InChI is InChI=1S/C15H14BrNO3/c1-20-11-6-7-12(14(18)8-11)15(19)17-13-5-3-2-4-10(13)9-16/h2-8,18H,9H2,1H3,(H,17,19). The number of para-hydroxylation sites is 1. The second-order valence-corrected chi connectivity index (χ2v) is 4.69. The fourth-order valence-corrected chi connectivity index (χ4v) is 2.27. The number of hydrogen-bond donors (Lipinski definition) is 2. The Kier molecular flexibility index (Phi) is 4.63. The average molecular weight is 336 g/mol. The van der Waals surface area contributed by atoms with Gasteiger partial charge in [-0.1, -0.05) is 34.1 Å². The highest BCUT2D eigenvalue weighted by molar-refractivity contribution is 9.08. The molecule has 20 heavy (non-hydrogen) atoms. The lowest BCUT2D eigenvalue weighted by molar-refractivity contribution is 0.102. The number of hydrogen-bond acceptors (Lipinski definition) is 3. The SMILES string of the molecule is COc1ccc(C(=O)Nc2ccccc2CBr)c(O)c1. The number of amides is 1. The van der Waals surface area contributed by atoms with Gasteiger partial charge in [-0.05, 0) is 23.8 Å². The normalized spacial score (nSPS) is 10.1. The Morgan fingerprint density at radius 3 is 2.70 bits per heavy atom. The zero-order chi connectivity index (χ0) is 14.5. The highest BCUT2D eigenvalue weighted by Crippen LogP contribution is 2.25. The summed E-state index contributed by atoms with van der Waals surface area (Å²) in [5.74, 6) is 0.0247. The number of carbonyl (C=O) groups excluding carboxylic acids is 1. The van der Waals surface area contributed by atoms with E-state index in [2.05, 4.69) is 21.2 Å². The number of rotatable bonds is 4. The molecule has 0 fully saturated rings. The van der Waals surface area contributed by atoms with Crippen LogP contribution >= 0.6 is 15.9 Å². The van der Waals surface area contributed by atoms with Gasteiger partial charge in [-0.25, -0.2) is 0 Å². The van der Waals surface area contributed by atoms with Gasteiger partial charge in [-0.3, -0.25) is 4.79 Å². The highest BCUT2D eigenvalue weighted by Gasteiger charge is 2.13. The Morgan fingerprint density at radius 2 is 2.05 bits per heavy atom. The summed E-state index contributed by atoms with van der Waals surface area (Å²) < 4.78 is 4.99. The molecule has 0 aromatic heterocycles. The number of phenolic OH excluding ortho intramolecular Hbond substituents is 1. The van der Waals surface area contributed by atoms with Gasteiger partial charge in [0.1, 0.15) is 11.5 Å². The molecule has 2 rings (SSSR count). The molecule has 0 spiro atoms. The van der Waals surface area contributed by atoms with Gasteiger partial charge in [0.15, 0.2) is 0 Å². The molecule has 2 aromatic carbocycles. The van der Waals surface area contributed by atoms with Gasteiger partial charge in [-0.15, -0.1) is 0 Å². The van der Waals surface area contributed by atoms with Crippen molar-refractivity contribution in [3.8, 4) is 11.5 Å². The van der Waals surface area contributed by atoms with Gasteiger partial charge < -0.3 is 15.2 Å². The van der Waals surface area contributed by atoms with Crippen LogP contribution in [0.4, 0.5) is 5.69 Å². The van der Waals surface area contributed by atoms with Crippen molar-refractivity contribution in [1.82, 2.24) is 0 Å². The van der Waals surface area contributed by atoms with Gasteiger partial charge in [0.05, 0.1) is 12.7 Å². The van der Waals surface area contributed by atoms with E-state index in [0.717, 1.165) is 5.56 Å². The molecule has 0 radical (unpaired) electrons. The summed E-state index contributed by atoms with van der Waals surface area (Å²) in [6, 6.07) is 12.0. The number of carbonyl (C=O) groups is 1. The van der Waals surface area contributed by atoms with Gasteiger partial charge in [0.2, 0.25) is 0 Å². The summed E-state index contributed by atoms with van der Waals surface area (Å²) in [4.78, 5) is 12.2. The van der Waals surface area contributed by atoms with Crippen LogP contribution in [0.25, 0.3) is 0 Å². The van der Waals surface area contributed by atoms with Gasteiger partial charge in [0.25, 0.3) is 5.91 Å². The maximum absolute atomic E-state index is 12.2. The van der Waals surface area contributed by atoms with E-state index in [9.17, 15) is 9.90 Å². The van der Waals surface area contributed by atoms with E-state index in [0.29, 0.717) is 16.8 Å². The second-order valence-electron chi connectivity index (χ2n) is 4.13. The Hall–Kier alpha value is -2.01. The van der Waals surface area contributed by atoms with Crippen molar-refractivity contribution < 1.29 is 14.6 Å². The third-order valence-electron chi connectivity index (χ3n) is 2.86. The van der Waals surface area contributed by atoms with Crippen LogP contribution in [0.1, 0.15) is 15.9 Å². The molecule has 0 bridgehead atoms. The van der Waals surface area contributed by atoms with Crippen LogP contribution < -0.4 is 10.1 Å². The quantitative estimate of drug-likeness (QED) is 0.840. The molecule has 5 heteroatoms. The predicted octanol–water partition coefficient (Wildman–Crippen LogP) is 3.55. The van der Waals surface area contributed by atoms with Crippen LogP contribution in [-0.2, 0) is 5.33 Å². The first-order valence-electron chi connectivity index (χ1n) is 5.98. The van der Waals surface area contributed by atoms with Crippen molar-refractivity contribution in [2.45, 2.75) is 5.33 Å². The molecule has 2 aromatic rings. The zero-order valence-electron chi connectivity index (χ0n) is 10.9. The minimum absolute atomic E-state index is 0.113. The Morgan fingerprint density at radius 1 is 1.30 bits per heavy atom. The molecule has 1 amide bonds. The van der Waals surface area contributed by atoms with Gasteiger partial charge in [-0.2, -0.15) is 0 Å². The maximum atomic E-state index is 12.2. The van der Waals surface area contributed by atoms with Crippen molar-refractivity contribution in [2.75, 3.05) is 12.4 Å². The Labute approximate surface area is 125 Å². The minimum atomic E-state index is -0.362. The number of aromatic hydroxyl groups is 1. The summed E-state index contributed by atoms with van der Waals surface area (Å²) in [7, 11) is 1.50. The van der Waals surface area contributed by atoms with E-state index < -0.39 is 0 Å². The van der Waals surface area contributed by atoms with Crippen molar-refractivity contribution in [2.24, 2.45) is 0 Å². The molecule has 104 valence electrons. The number of nitrogens with one attached hydrogen (secondary N) is 1. The number of phenols is 1. The number of ether oxygens (including phenoxy) is 1. The molecule has 2 N–H and O–H groups in total. The zero-order valence-corrected chi connectivity index (χ0v) is 12.5. The van der Waals surface area contributed by atoms with Crippen LogP contribution in [-0.4, -0.2) is 18.1 Å². The predicted molar refractivity (Wildman–Crippen MR) is 81.7 cm³/mol. The Bertz CT molecular complexity index is 628. The first-order valence-corrected chi connectivity index (χ1v) is 7.10. The fourth-order valence-electron chi connectivity index (χ4n) is 1.78. The van der Waals surface area contributed by atoms with E-state index in [4.69, 9.17) is 4.74 Å². The molecular weight excluding hydrogens is 322 g/mol. The van der Waals surface area contributed by atoms with Gasteiger partial charge in [0, 0.05) is 17.1 Å². The molecule has 0 aliphatic carbocycles. The van der Waals surface area contributed by atoms with Crippen LogP contribution in [0.3, 0.4) is 0 Å². The number of anilines is 1. The van der Waals surface area contributed by atoms with Crippen LogP contribution in [0, 0.1) is 0 Å². The van der Waals surface area contributed by atoms with E-state index in [1.54, 1.807) is 6.07 Å². The smallest absolute Gasteiger partial charge is 0.259 e. The summed E-state index contributed by atoms with van der Waals surface area (Å²) in [6.45, 7) is 0. The number of alkyl halides is 1. The summed E-state index contributed by atoms with van der Waals surface area (Å²) in [5, 5.41) is 13.3. The number of methoxy groups -OCH3 is 1. The molecular formula is C15H14BrNO3. The minimum Gasteiger partial charge on any atom is -0.507 e. The third-order valence-corrected chi connectivity index (χ3v) is 3.46. The van der Waals surface area contributed by atoms with Crippen molar-refractivity contribution in [3.05, 3.63) is 53.6 Å². The Balaban J connectivity index is 2.24. The van der Waals surface area contributed by atoms with Crippen molar-refractivity contribution >= 4 is 27.5 Å². The highest BCUT2D eigenvalue weighted by atomic mass is 79.9. The average Bonchev–Trinajstić information content (AvgIpc) is 2.47. The molecule has 4 nitrogen and oxygen atoms in total. The number of halogens is 1. The second kappa shape index (κ2) is 6.43. The molecule has 0 aliphatic heterocycles. The lowest BCUT2D eigenvalue weighted by atomic mass is 10.1. The fraction of sp³-hybridized carbons (Fsp3) is 0.133. The molecule has 0 aliphatic rings. The molecule has 0 unspecified atom stereocenters. The van der Waals surface area contributed by atoms with Crippen LogP contribution in [0.5, 0.6) is 11.5 Å². The summed E-state index contributed by atoms with van der Waals surface area (Å²) in [5.41, 5.74) is 1.88. The largest absolute Gasteiger partial charge is 0.507 e. The maximum Gasteiger partial charge on any atom is 0.259 e. The third kappa shape index (κ3) is 3.11. The molecule has 0 atom stereocenters. The first kappa shape index (κ1) is 14.4. The van der Waals surface area contributed by atoms with Crippen LogP contribution in [0.2, 0.25) is 0 Å². The summed E-state index contributed by atoms with van der Waals surface area (Å²) >= 11 is 3.37. The number of benzene rings is 2. The molecule has 0 saturated carbocycles. The molecule has 0 heterocycles.